The Bertz CT molecular complexity index is 430. The van der Waals surface area contributed by atoms with Gasteiger partial charge in [0.05, 0.1) is 0 Å². The van der Waals surface area contributed by atoms with Crippen molar-refractivity contribution in [2.75, 3.05) is 13.1 Å². The summed E-state index contributed by atoms with van der Waals surface area (Å²) in [5.41, 5.74) is 9.06. The zero-order valence-corrected chi connectivity index (χ0v) is 14.2. The number of hydrogen-bond donors (Lipinski definition) is 1. The van der Waals surface area contributed by atoms with Gasteiger partial charge in [-0.3, -0.25) is 4.90 Å². The van der Waals surface area contributed by atoms with Crippen molar-refractivity contribution in [3.63, 3.8) is 0 Å². The van der Waals surface area contributed by atoms with Gasteiger partial charge in [0.25, 0.3) is 0 Å². The quantitative estimate of drug-likeness (QED) is 0.909. The van der Waals surface area contributed by atoms with Crippen LogP contribution in [0.15, 0.2) is 24.3 Å². The van der Waals surface area contributed by atoms with E-state index in [-0.39, 0.29) is 5.41 Å². The maximum absolute atomic E-state index is 6.00. The molecule has 0 aliphatic carbocycles. The van der Waals surface area contributed by atoms with Crippen molar-refractivity contribution in [2.24, 2.45) is 11.7 Å². The number of rotatable bonds is 4. The van der Waals surface area contributed by atoms with Crippen molar-refractivity contribution in [2.45, 2.75) is 65.0 Å². The van der Waals surface area contributed by atoms with Gasteiger partial charge in [-0.25, -0.2) is 0 Å². The summed E-state index contributed by atoms with van der Waals surface area (Å²) in [7, 11) is 0. The van der Waals surface area contributed by atoms with Gasteiger partial charge in [0.2, 0.25) is 0 Å². The minimum absolute atomic E-state index is 0.234. The van der Waals surface area contributed by atoms with E-state index in [0.29, 0.717) is 6.04 Å². The molecule has 2 heteroatoms. The molecule has 1 aliphatic heterocycles. The van der Waals surface area contributed by atoms with Crippen molar-refractivity contribution in [1.82, 2.24) is 4.90 Å². The minimum Gasteiger partial charge on any atom is -0.329 e. The third kappa shape index (κ3) is 4.31. The zero-order chi connectivity index (χ0) is 15.5. The van der Waals surface area contributed by atoms with Crippen molar-refractivity contribution in [3.05, 3.63) is 35.4 Å². The molecular formula is C19H32N2. The third-order valence-electron chi connectivity index (χ3n) is 5.00. The molecule has 0 radical (unpaired) electrons. The van der Waals surface area contributed by atoms with Gasteiger partial charge in [-0.2, -0.15) is 0 Å². The number of piperidine rings is 1. The molecule has 21 heavy (non-hydrogen) atoms. The number of benzene rings is 1. The molecule has 118 valence electrons. The summed E-state index contributed by atoms with van der Waals surface area (Å²) in [6, 6.07) is 9.71. The summed E-state index contributed by atoms with van der Waals surface area (Å²) < 4.78 is 0. The normalized spacial score (nSPS) is 24.2. The minimum atomic E-state index is 0.234. The van der Waals surface area contributed by atoms with E-state index in [1.54, 1.807) is 0 Å². The summed E-state index contributed by atoms with van der Waals surface area (Å²) in [6.45, 7) is 12.1. The van der Waals surface area contributed by atoms with Gasteiger partial charge in [-0.05, 0) is 41.8 Å². The predicted molar refractivity (Wildman–Crippen MR) is 91.4 cm³/mol. The third-order valence-corrected chi connectivity index (χ3v) is 5.00. The lowest BCUT2D eigenvalue weighted by Gasteiger charge is -2.39. The summed E-state index contributed by atoms with van der Waals surface area (Å²) in [6.07, 6.45) is 3.89. The van der Waals surface area contributed by atoms with E-state index in [0.717, 1.165) is 19.0 Å². The largest absolute Gasteiger partial charge is 0.329 e. The highest BCUT2D eigenvalue weighted by Gasteiger charge is 2.26. The Labute approximate surface area is 130 Å². The summed E-state index contributed by atoms with van der Waals surface area (Å²) in [5.74, 6) is 0.873. The molecule has 0 aromatic heterocycles. The van der Waals surface area contributed by atoms with Gasteiger partial charge >= 0.3 is 0 Å². The molecule has 0 amide bonds. The molecule has 2 rings (SSSR count). The van der Waals surface area contributed by atoms with E-state index in [4.69, 9.17) is 5.73 Å². The van der Waals surface area contributed by atoms with Gasteiger partial charge in [0.15, 0.2) is 0 Å². The van der Waals surface area contributed by atoms with E-state index in [2.05, 4.69) is 56.9 Å². The van der Waals surface area contributed by atoms with E-state index >= 15 is 0 Å². The molecule has 2 N–H and O–H groups in total. The Hall–Kier alpha value is -0.860. The lowest BCUT2D eigenvalue weighted by atomic mass is 9.86. The molecule has 0 spiro atoms. The SMILES string of the molecule is CCC1CCN(Cc2ccc(C(C)(C)C)cc2)C(CN)C1. The second kappa shape index (κ2) is 6.93. The molecule has 1 aromatic carbocycles. The lowest BCUT2D eigenvalue weighted by Crippen LogP contribution is -2.46. The van der Waals surface area contributed by atoms with Crippen LogP contribution in [0.5, 0.6) is 0 Å². The highest BCUT2D eigenvalue weighted by molar-refractivity contribution is 5.27. The standard InChI is InChI=1S/C19H32N2/c1-5-15-10-11-21(18(12-15)13-20)14-16-6-8-17(9-7-16)19(2,3)4/h6-9,15,18H,5,10-14,20H2,1-4H3. The monoisotopic (exact) mass is 288 g/mol. The average Bonchev–Trinajstić information content (AvgIpc) is 2.47. The van der Waals surface area contributed by atoms with Crippen LogP contribution in [0, 0.1) is 5.92 Å². The Morgan fingerprint density at radius 3 is 2.38 bits per heavy atom. The molecule has 1 saturated heterocycles. The van der Waals surface area contributed by atoms with Crippen molar-refractivity contribution >= 4 is 0 Å². The number of hydrogen-bond acceptors (Lipinski definition) is 2. The van der Waals surface area contributed by atoms with Crippen LogP contribution in [0.2, 0.25) is 0 Å². The first-order valence-electron chi connectivity index (χ1n) is 8.47. The van der Waals surface area contributed by atoms with Crippen LogP contribution in [0.1, 0.15) is 58.1 Å². The van der Waals surface area contributed by atoms with Crippen LogP contribution in [-0.2, 0) is 12.0 Å². The zero-order valence-electron chi connectivity index (χ0n) is 14.2. The molecule has 1 aromatic rings. The highest BCUT2D eigenvalue weighted by Crippen LogP contribution is 2.27. The molecule has 2 unspecified atom stereocenters. The van der Waals surface area contributed by atoms with Crippen LogP contribution < -0.4 is 5.73 Å². The fourth-order valence-electron chi connectivity index (χ4n) is 3.35. The van der Waals surface area contributed by atoms with Crippen LogP contribution in [0.4, 0.5) is 0 Å². The maximum atomic E-state index is 6.00. The van der Waals surface area contributed by atoms with Gasteiger partial charge in [0, 0.05) is 19.1 Å². The fourth-order valence-corrected chi connectivity index (χ4v) is 3.35. The molecule has 0 bridgehead atoms. The first-order chi connectivity index (χ1) is 9.94. The van der Waals surface area contributed by atoms with Gasteiger partial charge in [-0.15, -0.1) is 0 Å². The molecular weight excluding hydrogens is 256 g/mol. The van der Waals surface area contributed by atoms with Crippen molar-refractivity contribution in [1.29, 1.82) is 0 Å². The van der Waals surface area contributed by atoms with Crippen LogP contribution in [0.3, 0.4) is 0 Å². The Morgan fingerprint density at radius 2 is 1.86 bits per heavy atom. The molecule has 1 aliphatic rings. The van der Waals surface area contributed by atoms with Gasteiger partial charge in [-0.1, -0.05) is 58.4 Å². The first kappa shape index (κ1) is 16.5. The number of nitrogens with zero attached hydrogens (tertiary/aromatic N) is 1. The average molecular weight is 288 g/mol. The highest BCUT2D eigenvalue weighted by atomic mass is 15.2. The van der Waals surface area contributed by atoms with Crippen LogP contribution >= 0.6 is 0 Å². The van der Waals surface area contributed by atoms with E-state index in [1.807, 2.05) is 0 Å². The summed E-state index contributed by atoms with van der Waals surface area (Å²) in [4.78, 5) is 2.58. The van der Waals surface area contributed by atoms with Gasteiger partial charge in [0.1, 0.15) is 0 Å². The van der Waals surface area contributed by atoms with Crippen LogP contribution in [0.25, 0.3) is 0 Å². The van der Waals surface area contributed by atoms with Crippen LogP contribution in [-0.4, -0.2) is 24.0 Å². The van der Waals surface area contributed by atoms with Gasteiger partial charge < -0.3 is 5.73 Å². The maximum Gasteiger partial charge on any atom is 0.0237 e. The van der Waals surface area contributed by atoms with E-state index < -0.39 is 0 Å². The molecule has 2 nitrogen and oxygen atoms in total. The molecule has 0 saturated carbocycles. The lowest BCUT2D eigenvalue weighted by molar-refractivity contribution is 0.107. The van der Waals surface area contributed by atoms with Crippen molar-refractivity contribution in [3.8, 4) is 0 Å². The Balaban J connectivity index is 2.00. The Morgan fingerprint density at radius 1 is 1.19 bits per heavy atom. The number of nitrogens with two attached hydrogens (primary N) is 1. The fraction of sp³-hybridized carbons (Fsp3) is 0.684. The molecule has 1 heterocycles. The Kier molecular flexibility index (Phi) is 5.45. The van der Waals surface area contributed by atoms with E-state index in [9.17, 15) is 0 Å². The topological polar surface area (TPSA) is 29.3 Å². The molecule has 1 fully saturated rings. The second-order valence-electron chi connectivity index (χ2n) is 7.61. The smallest absolute Gasteiger partial charge is 0.0237 e. The summed E-state index contributed by atoms with van der Waals surface area (Å²) in [5, 5.41) is 0. The van der Waals surface area contributed by atoms with E-state index in [1.165, 1.54) is 36.9 Å². The second-order valence-corrected chi connectivity index (χ2v) is 7.61. The predicted octanol–water partition coefficient (Wildman–Crippen LogP) is 3.93. The number of likely N-dealkylation sites (tertiary alicyclic amines) is 1. The molecule has 2 atom stereocenters. The summed E-state index contributed by atoms with van der Waals surface area (Å²) >= 11 is 0. The first-order valence-corrected chi connectivity index (χ1v) is 8.47. The van der Waals surface area contributed by atoms with Crippen molar-refractivity contribution < 1.29 is 0 Å².